The standard InChI is InChI=1S/C13H14F3N3OS/c1-7-8-3-4-9(13(14,15)16)19-12(8)21-10(7)11(20)18-6-2-5-17/h3-4H,2,5-6,17H2,1H3,(H,18,20). The molecule has 4 nitrogen and oxygen atoms in total. The van der Waals surface area contributed by atoms with Gasteiger partial charge in [-0.1, -0.05) is 0 Å². The van der Waals surface area contributed by atoms with E-state index >= 15 is 0 Å². The first-order chi connectivity index (χ1) is 9.84. The van der Waals surface area contributed by atoms with E-state index in [0.717, 1.165) is 17.4 Å². The molecule has 8 heteroatoms. The van der Waals surface area contributed by atoms with Crippen molar-refractivity contribution in [2.75, 3.05) is 13.1 Å². The summed E-state index contributed by atoms with van der Waals surface area (Å²) < 4.78 is 37.9. The van der Waals surface area contributed by atoms with Crippen molar-refractivity contribution in [1.29, 1.82) is 0 Å². The van der Waals surface area contributed by atoms with Gasteiger partial charge in [0.15, 0.2) is 0 Å². The molecule has 1 amide bonds. The Bertz CT molecular complexity index is 666. The average molecular weight is 317 g/mol. The summed E-state index contributed by atoms with van der Waals surface area (Å²) in [5.41, 5.74) is 5.02. The summed E-state index contributed by atoms with van der Waals surface area (Å²) in [6.07, 6.45) is -3.85. The average Bonchev–Trinajstić information content (AvgIpc) is 2.75. The van der Waals surface area contributed by atoms with Gasteiger partial charge in [-0.25, -0.2) is 4.98 Å². The van der Waals surface area contributed by atoms with Gasteiger partial charge < -0.3 is 11.1 Å². The van der Waals surface area contributed by atoms with Crippen molar-refractivity contribution in [2.45, 2.75) is 19.5 Å². The highest BCUT2D eigenvalue weighted by molar-refractivity contribution is 7.20. The number of rotatable bonds is 4. The maximum absolute atomic E-state index is 12.6. The van der Waals surface area contributed by atoms with Gasteiger partial charge in [-0.15, -0.1) is 11.3 Å². The topological polar surface area (TPSA) is 68.0 Å². The SMILES string of the molecule is Cc1c(C(=O)NCCCN)sc2nc(C(F)(F)F)ccc12. The van der Waals surface area contributed by atoms with Gasteiger partial charge in [0.2, 0.25) is 0 Å². The molecule has 0 saturated heterocycles. The molecule has 2 heterocycles. The van der Waals surface area contributed by atoms with Crippen LogP contribution in [0.15, 0.2) is 12.1 Å². The number of fused-ring (bicyclic) bond motifs is 1. The lowest BCUT2D eigenvalue weighted by molar-refractivity contribution is -0.140. The predicted molar refractivity (Wildman–Crippen MR) is 75.4 cm³/mol. The van der Waals surface area contributed by atoms with Gasteiger partial charge in [-0.3, -0.25) is 4.79 Å². The number of carbonyl (C=O) groups is 1. The number of aromatic nitrogens is 1. The molecule has 0 spiro atoms. The maximum Gasteiger partial charge on any atom is 0.433 e. The number of nitrogens with two attached hydrogens (primary N) is 1. The van der Waals surface area contributed by atoms with E-state index in [4.69, 9.17) is 5.73 Å². The first kappa shape index (κ1) is 15.7. The minimum Gasteiger partial charge on any atom is -0.351 e. The molecule has 2 aromatic heterocycles. The van der Waals surface area contributed by atoms with Crippen LogP contribution in [0, 0.1) is 6.92 Å². The van der Waals surface area contributed by atoms with Gasteiger partial charge in [0.05, 0.1) is 4.88 Å². The molecule has 0 aliphatic rings. The zero-order valence-corrected chi connectivity index (χ0v) is 12.1. The van der Waals surface area contributed by atoms with Crippen molar-refractivity contribution in [3.63, 3.8) is 0 Å². The van der Waals surface area contributed by atoms with Gasteiger partial charge in [0.25, 0.3) is 5.91 Å². The Morgan fingerprint density at radius 2 is 2.14 bits per heavy atom. The quantitative estimate of drug-likeness (QED) is 0.852. The Hall–Kier alpha value is -1.67. The number of pyridine rings is 1. The number of thiophene rings is 1. The van der Waals surface area contributed by atoms with E-state index in [1.807, 2.05) is 0 Å². The molecule has 114 valence electrons. The second-order valence-electron chi connectivity index (χ2n) is 4.50. The van der Waals surface area contributed by atoms with Gasteiger partial charge >= 0.3 is 6.18 Å². The van der Waals surface area contributed by atoms with Gasteiger partial charge in [0.1, 0.15) is 10.5 Å². The molecular formula is C13H14F3N3OS. The van der Waals surface area contributed by atoms with Crippen molar-refractivity contribution in [3.05, 3.63) is 28.3 Å². The highest BCUT2D eigenvalue weighted by atomic mass is 32.1. The Balaban J connectivity index is 2.34. The van der Waals surface area contributed by atoms with Crippen LogP contribution in [-0.4, -0.2) is 24.0 Å². The summed E-state index contributed by atoms with van der Waals surface area (Å²) >= 11 is 0.966. The second kappa shape index (κ2) is 5.98. The molecule has 0 unspecified atom stereocenters. The van der Waals surface area contributed by atoms with Crippen LogP contribution in [-0.2, 0) is 6.18 Å². The lowest BCUT2D eigenvalue weighted by Crippen LogP contribution is -2.25. The van der Waals surface area contributed by atoms with Crippen LogP contribution >= 0.6 is 11.3 Å². The Morgan fingerprint density at radius 3 is 2.76 bits per heavy atom. The maximum atomic E-state index is 12.6. The van der Waals surface area contributed by atoms with E-state index in [1.54, 1.807) is 6.92 Å². The minimum absolute atomic E-state index is 0.214. The first-order valence-corrected chi connectivity index (χ1v) is 7.12. The summed E-state index contributed by atoms with van der Waals surface area (Å²) in [5.74, 6) is -0.308. The molecule has 0 atom stereocenters. The molecule has 0 fully saturated rings. The van der Waals surface area contributed by atoms with Crippen molar-refractivity contribution in [1.82, 2.24) is 10.3 Å². The van der Waals surface area contributed by atoms with Crippen LogP contribution in [0.2, 0.25) is 0 Å². The van der Waals surface area contributed by atoms with E-state index in [1.165, 1.54) is 6.07 Å². The highest BCUT2D eigenvalue weighted by Crippen LogP contribution is 2.34. The summed E-state index contributed by atoms with van der Waals surface area (Å²) in [4.78, 5) is 16.2. The van der Waals surface area contributed by atoms with E-state index < -0.39 is 11.9 Å². The molecule has 0 aliphatic heterocycles. The Kier molecular flexibility index (Phi) is 4.48. The van der Waals surface area contributed by atoms with Gasteiger partial charge in [0, 0.05) is 11.9 Å². The normalized spacial score (nSPS) is 11.9. The lowest BCUT2D eigenvalue weighted by Gasteiger charge is -2.04. The van der Waals surface area contributed by atoms with Crippen LogP contribution in [0.4, 0.5) is 13.2 Å². The first-order valence-electron chi connectivity index (χ1n) is 6.30. The summed E-state index contributed by atoms with van der Waals surface area (Å²) in [5, 5.41) is 3.25. The molecule has 0 aromatic carbocycles. The fourth-order valence-electron chi connectivity index (χ4n) is 1.86. The fraction of sp³-hybridized carbons (Fsp3) is 0.385. The molecular weight excluding hydrogens is 303 g/mol. The van der Waals surface area contributed by atoms with Crippen molar-refractivity contribution < 1.29 is 18.0 Å². The largest absolute Gasteiger partial charge is 0.433 e. The number of aryl methyl sites for hydroxylation is 1. The number of amides is 1. The van der Waals surface area contributed by atoms with Crippen LogP contribution in [0.25, 0.3) is 10.2 Å². The number of halogens is 3. The molecule has 0 saturated carbocycles. The number of nitrogens with one attached hydrogen (secondary N) is 1. The third-order valence-corrected chi connectivity index (χ3v) is 4.17. The van der Waals surface area contributed by atoms with Gasteiger partial charge in [-0.2, -0.15) is 13.2 Å². The van der Waals surface area contributed by atoms with E-state index in [0.29, 0.717) is 35.3 Å². The second-order valence-corrected chi connectivity index (χ2v) is 5.50. The number of alkyl halides is 3. The van der Waals surface area contributed by atoms with Crippen LogP contribution in [0.1, 0.15) is 27.3 Å². The molecule has 21 heavy (non-hydrogen) atoms. The third kappa shape index (κ3) is 3.33. The fourth-order valence-corrected chi connectivity index (χ4v) is 2.95. The zero-order chi connectivity index (χ0) is 15.6. The molecule has 0 aliphatic carbocycles. The molecule has 0 bridgehead atoms. The third-order valence-electron chi connectivity index (χ3n) is 2.97. The van der Waals surface area contributed by atoms with Gasteiger partial charge in [-0.05, 0) is 37.6 Å². The molecule has 0 radical (unpaired) electrons. The molecule has 2 rings (SSSR count). The van der Waals surface area contributed by atoms with E-state index in [2.05, 4.69) is 10.3 Å². The lowest BCUT2D eigenvalue weighted by atomic mass is 10.2. The van der Waals surface area contributed by atoms with Crippen LogP contribution in [0.3, 0.4) is 0 Å². The van der Waals surface area contributed by atoms with Crippen molar-refractivity contribution in [2.24, 2.45) is 5.73 Å². The molecule has 2 aromatic rings. The van der Waals surface area contributed by atoms with Crippen LogP contribution in [0.5, 0.6) is 0 Å². The summed E-state index contributed by atoms with van der Waals surface area (Å²) in [6.45, 7) is 2.60. The summed E-state index contributed by atoms with van der Waals surface area (Å²) in [6, 6.07) is 2.28. The minimum atomic E-state index is -4.49. The number of hydrogen-bond acceptors (Lipinski definition) is 4. The van der Waals surface area contributed by atoms with Crippen LogP contribution < -0.4 is 11.1 Å². The smallest absolute Gasteiger partial charge is 0.351 e. The van der Waals surface area contributed by atoms with Crippen molar-refractivity contribution >= 4 is 27.5 Å². The predicted octanol–water partition coefficient (Wildman–Crippen LogP) is 2.70. The summed E-state index contributed by atoms with van der Waals surface area (Å²) in [7, 11) is 0. The number of nitrogens with zero attached hydrogens (tertiary/aromatic N) is 1. The van der Waals surface area contributed by atoms with Crippen molar-refractivity contribution in [3.8, 4) is 0 Å². The number of carbonyl (C=O) groups excluding carboxylic acids is 1. The van der Waals surface area contributed by atoms with E-state index in [9.17, 15) is 18.0 Å². The van der Waals surface area contributed by atoms with E-state index in [-0.39, 0.29) is 10.7 Å². The number of hydrogen-bond donors (Lipinski definition) is 2. The Morgan fingerprint density at radius 1 is 1.43 bits per heavy atom. The zero-order valence-electron chi connectivity index (χ0n) is 11.3. The molecule has 3 N–H and O–H groups in total. The highest BCUT2D eigenvalue weighted by Gasteiger charge is 2.33. The Labute approximate surface area is 123 Å². The monoisotopic (exact) mass is 317 g/mol.